The van der Waals surface area contributed by atoms with Crippen molar-refractivity contribution in [2.75, 3.05) is 6.54 Å². The van der Waals surface area contributed by atoms with Gasteiger partial charge in [0.25, 0.3) is 0 Å². The number of amides is 1. The molecule has 2 N–H and O–H groups in total. The van der Waals surface area contributed by atoms with E-state index >= 15 is 0 Å². The molecule has 2 rings (SSSR count). The van der Waals surface area contributed by atoms with Gasteiger partial charge in [0.2, 0.25) is 5.91 Å². The maximum Gasteiger partial charge on any atom is 0.315 e. The lowest BCUT2D eigenvalue weighted by atomic mass is 10.1. The molecular formula is C15H16FN3O3. The molecular weight excluding hydrogens is 289 g/mol. The molecule has 0 saturated heterocycles. The van der Waals surface area contributed by atoms with E-state index in [2.05, 4.69) is 10.4 Å². The molecule has 1 unspecified atom stereocenters. The molecule has 6 nitrogen and oxygen atoms in total. The molecule has 1 heterocycles. The highest BCUT2D eigenvalue weighted by Gasteiger charge is 2.19. The van der Waals surface area contributed by atoms with Crippen LogP contribution in [0, 0.1) is 11.7 Å². The Bertz CT molecular complexity index is 667. The van der Waals surface area contributed by atoms with Crippen molar-refractivity contribution in [3.05, 3.63) is 48.0 Å². The number of carbonyl (C=O) groups is 2. The molecule has 0 radical (unpaired) electrons. The van der Waals surface area contributed by atoms with Gasteiger partial charge in [-0.3, -0.25) is 9.59 Å². The molecule has 0 bridgehead atoms. The highest BCUT2D eigenvalue weighted by molar-refractivity contribution is 5.96. The fourth-order valence-electron chi connectivity index (χ4n) is 1.81. The van der Waals surface area contributed by atoms with Crippen molar-refractivity contribution in [3.63, 3.8) is 0 Å². The fraction of sp³-hybridized carbons (Fsp3) is 0.267. The van der Waals surface area contributed by atoms with Gasteiger partial charge >= 0.3 is 5.97 Å². The maximum absolute atomic E-state index is 12.9. The van der Waals surface area contributed by atoms with Gasteiger partial charge in [0, 0.05) is 19.2 Å². The Morgan fingerprint density at radius 1 is 1.32 bits per heavy atom. The van der Waals surface area contributed by atoms with E-state index in [4.69, 9.17) is 5.11 Å². The number of rotatable bonds is 6. The van der Waals surface area contributed by atoms with E-state index in [-0.39, 0.29) is 5.82 Å². The summed E-state index contributed by atoms with van der Waals surface area (Å²) in [4.78, 5) is 22.1. The summed E-state index contributed by atoms with van der Waals surface area (Å²) >= 11 is 0. The molecule has 22 heavy (non-hydrogen) atoms. The Morgan fingerprint density at radius 2 is 2.00 bits per heavy atom. The predicted molar refractivity (Wildman–Crippen MR) is 77.0 cm³/mol. The van der Waals surface area contributed by atoms with Crippen LogP contribution in [0.2, 0.25) is 0 Å². The van der Waals surface area contributed by atoms with Crippen molar-refractivity contribution in [1.82, 2.24) is 15.1 Å². The summed E-state index contributed by atoms with van der Waals surface area (Å²) in [5.74, 6) is -3.06. The first-order valence-electron chi connectivity index (χ1n) is 6.78. The smallest absolute Gasteiger partial charge is 0.315 e. The van der Waals surface area contributed by atoms with Crippen LogP contribution in [0.3, 0.4) is 0 Å². The predicted octanol–water partition coefficient (Wildman–Crippen LogP) is 1.39. The van der Waals surface area contributed by atoms with E-state index in [1.807, 2.05) is 0 Å². The lowest BCUT2D eigenvalue weighted by Crippen LogP contribution is -2.34. The lowest BCUT2D eigenvalue weighted by Gasteiger charge is -2.07. The molecule has 0 aliphatic carbocycles. The number of nitrogens with one attached hydrogen (secondary N) is 1. The molecule has 2 aromatic rings. The number of carbonyl (C=O) groups excluding carboxylic acids is 1. The minimum Gasteiger partial charge on any atom is -0.481 e. The second-order valence-electron chi connectivity index (χ2n) is 4.83. The van der Waals surface area contributed by atoms with Crippen molar-refractivity contribution >= 4 is 11.9 Å². The molecule has 7 heteroatoms. The molecule has 116 valence electrons. The van der Waals surface area contributed by atoms with Crippen molar-refractivity contribution in [2.45, 2.75) is 13.3 Å². The number of aromatic nitrogens is 2. The standard InChI is InChI=1S/C15H16FN3O3/c1-10(15(21)22)14(20)17-8-6-12-7-9-19(18-12)13-4-2-11(16)3-5-13/h2-5,7,9-10H,6,8H2,1H3,(H,17,20)(H,21,22). The number of aliphatic carboxylic acids is 1. The summed E-state index contributed by atoms with van der Waals surface area (Å²) in [6.07, 6.45) is 2.22. The molecule has 0 aliphatic rings. The van der Waals surface area contributed by atoms with Crippen molar-refractivity contribution in [3.8, 4) is 5.69 Å². The fourth-order valence-corrected chi connectivity index (χ4v) is 1.81. The van der Waals surface area contributed by atoms with Gasteiger partial charge in [0.1, 0.15) is 11.7 Å². The van der Waals surface area contributed by atoms with Gasteiger partial charge in [-0.05, 0) is 37.3 Å². The zero-order valence-corrected chi connectivity index (χ0v) is 12.0. The zero-order valence-electron chi connectivity index (χ0n) is 12.0. The van der Waals surface area contributed by atoms with Crippen molar-refractivity contribution < 1.29 is 19.1 Å². The van der Waals surface area contributed by atoms with E-state index in [0.717, 1.165) is 11.4 Å². The van der Waals surface area contributed by atoms with Gasteiger partial charge < -0.3 is 10.4 Å². The first kappa shape index (κ1) is 15.7. The van der Waals surface area contributed by atoms with E-state index in [1.54, 1.807) is 29.1 Å². The summed E-state index contributed by atoms with van der Waals surface area (Å²) < 4.78 is 14.5. The van der Waals surface area contributed by atoms with Crippen LogP contribution in [0.25, 0.3) is 5.69 Å². The number of benzene rings is 1. The Kier molecular flexibility index (Phi) is 4.88. The monoisotopic (exact) mass is 305 g/mol. The second kappa shape index (κ2) is 6.84. The summed E-state index contributed by atoms with van der Waals surface area (Å²) in [5, 5.41) is 15.6. The zero-order chi connectivity index (χ0) is 16.1. The quantitative estimate of drug-likeness (QED) is 0.790. The largest absolute Gasteiger partial charge is 0.481 e. The third kappa shape index (κ3) is 3.91. The highest BCUT2D eigenvalue weighted by Crippen LogP contribution is 2.09. The van der Waals surface area contributed by atoms with E-state index in [1.165, 1.54) is 19.1 Å². The average Bonchev–Trinajstić information content (AvgIpc) is 2.95. The van der Waals surface area contributed by atoms with Crippen LogP contribution in [-0.2, 0) is 16.0 Å². The number of nitrogens with zero attached hydrogens (tertiary/aromatic N) is 2. The van der Waals surface area contributed by atoms with Crippen LogP contribution in [0.5, 0.6) is 0 Å². The number of carboxylic acids is 1. The summed E-state index contributed by atoms with van der Waals surface area (Å²) in [6.45, 7) is 1.64. The van der Waals surface area contributed by atoms with E-state index in [9.17, 15) is 14.0 Å². The van der Waals surface area contributed by atoms with Crippen molar-refractivity contribution in [1.29, 1.82) is 0 Å². The summed E-state index contributed by atoms with van der Waals surface area (Å²) in [6, 6.07) is 7.72. The molecule has 1 amide bonds. The van der Waals surface area contributed by atoms with Crippen LogP contribution in [0.1, 0.15) is 12.6 Å². The van der Waals surface area contributed by atoms with E-state index in [0.29, 0.717) is 13.0 Å². The van der Waals surface area contributed by atoms with Gasteiger partial charge in [-0.2, -0.15) is 5.10 Å². The average molecular weight is 305 g/mol. The van der Waals surface area contributed by atoms with Crippen LogP contribution >= 0.6 is 0 Å². The minimum absolute atomic E-state index is 0.302. The molecule has 0 fully saturated rings. The number of hydrogen-bond donors (Lipinski definition) is 2. The molecule has 0 aliphatic heterocycles. The van der Waals surface area contributed by atoms with Crippen molar-refractivity contribution in [2.24, 2.45) is 5.92 Å². The first-order chi connectivity index (χ1) is 10.5. The Labute approximate surface area is 126 Å². The van der Waals surface area contributed by atoms with Crippen LogP contribution in [0.15, 0.2) is 36.5 Å². The van der Waals surface area contributed by atoms with E-state index < -0.39 is 17.8 Å². The molecule has 1 aromatic heterocycles. The Balaban J connectivity index is 1.89. The van der Waals surface area contributed by atoms with Gasteiger partial charge in [0.05, 0.1) is 11.4 Å². The van der Waals surface area contributed by atoms with Gasteiger partial charge in [-0.25, -0.2) is 9.07 Å². The van der Waals surface area contributed by atoms with Gasteiger partial charge in [0.15, 0.2) is 0 Å². The molecule has 0 spiro atoms. The lowest BCUT2D eigenvalue weighted by molar-refractivity contribution is -0.146. The highest BCUT2D eigenvalue weighted by atomic mass is 19.1. The van der Waals surface area contributed by atoms with Crippen LogP contribution in [-0.4, -0.2) is 33.3 Å². The maximum atomic E-state index is 12.9. The third-order valence-electron chi connectivity index (χ3n) is 3.18. The Hall–Kier alpha value is -2.70. The SMILES string of the molecule is CC(C(=O)O)C(=O)NCCc1ccn(-c2ccc(F)cc2)n1. The minimum atomic E-state index is -1.15. The first-order valence-corrected chi connectivity index (χ1v) is 6.78. The normalized spacial score (nSPS) is 11.9. The number of hydrogen-bond acceptors (Lipinski definition) is 3. The molecule has 1 aromatic carbocycles. The molecule has 0 saturated carbocycles. The molecule has 1 atom stereocenters. The number of halogens is 1. The van der Waals surface area contributed by atoms with Gasteiger partial charge in [-0.15, -0.1) is 0 Å². The van der Waals surface area contributed by atoms with Crippen LogP contribution in [0.4, 0.5) is 4.39 Å². The number of carboxylic acid groups (broad SMARTS) is 1. The third-order valence-corrected chi connectivity index (χ3v) is 3.18. The second-order valence-corrected chi connectivity index (χ2v) is 4.83. The summed E-state index contributed by atoms with van der Waals surface area (Å²) in [7, 11) is 0. The van der Waals surface area contributed by atoms with Gasteiger partial charge in [-0.1, -0.05) is 0 Å². The van der Waals surface area contributed by atoms with Crippen LogP contribution < -0.4 is 5.32 Å². The Morgan fingerprint density at radius 3 is 2.64 bits per heavy atom. The summed E-state index contributed by atoms with van der Waals surface area (Å²) in [5.41, 5.74) is 1.48. The topological polar surface area (TPSA) is 84.2 Å².